The number of hydrogen-bond donors (Lipinski definition) is 2. The lowest BCUT2D eigenvalue weighted by Gasteiger charge is -2.29. The molecule has 1 aliphatic rings. The van der Waals surface area contributed by atoms with Gasteiger partial charge in [0.1, 0.15) is 6.04 Å². The highest BCUT2D eigenvalue weighted by molar-refractivity contribution is 5.82. The van der Waals surface area contributed by atoms with Crippen molar-refractivity contribution in [3.05, 3.63) is 60.2 Å². The largest absolute Gasteiger partial charge is 0.375 e. The van der Waals surface area contributed by atoms with Gasteiger partial charge in [-0.1, -0.05) is 54.6 Å². The average Bonchev–Trinajstić information content (AvgIpc) is 2.61. The van der Waals surface area contributed by atoms with Gasteiger partial charge in [0.05, 0.1) is 12.7 Å². The standard InChI is InChI=1S/C19H22N2O2/c1-14-18(20-11-12-23-14)19(22)21-13-15-7-9-17(10-8-15)16-5-3-2-4-6-16/h2-10,14,18,20H,11-13H2,1H3,(H,21,22)/t14-,18+/m1/s1. The topological polar surface area (TPSA) is 50.4 Å². The molecule has 3 rings (SSSR count). The Bertz CT molecular complexity index is 640. The predicted molar refractivity (Wildman–Crippen MR) is 90.9 cm³/mol. The molecule has 2 N–H and O–H groups in total. The van der Waals surface area contributed by atoms with Crippen LogP contribution in [0.2, 0.25) is 0 Å². The first-order valence-corrected chi connectivity index (χ1v) is 8.01. The molecular weight excluding hydrogens is 288 g/mol. The van der Waals surface area contributed by atoms with Crippen LogP contribution in [-0.4, -0.2) is 31.2 Å². The second-order valence-corrected chi connectivity index (χ2v) is 5.79. The van der Waals surface area contributed by atoms with Gasteiger partial charge in [0, 0.05) is 13.1 Å². The molecule has 1 amide bonds. The third-order valence-electron chi connectivity index (χ3n) is 4.13. The molecule has 2 atom stereocenters. The van der Waals surface area contributed by atoms with Gasteiger partial charge >= 0.3 is 0 Å². The Labute approximate surface area is 136 Å². The summed E-state index contributed by atoms with van der Waals surface area (Å²) in [4.78, 5) is 12.2. The zero-order chi connectivity index (χ0) is 16.1. The first kappa shape index (κ1) is 15.7. The SMILES string of the molecule is C[C@H]1OCCN[C@@H]1C(=O)NCc1ccc(-c2ccccc2)cc1. The fourth-order valence-corrected chi connectivity index (χ4v) is 2.77. The van der Waals surface area contributed by atoms with Crippen molar-refractivity contribution in [1.82, 2.24) is 10.6 Å². The van der Waals surface area contributed by atoms with E-state index in [2.05, 4.69) is 47.0 Å². The summed E-state index contributed by atoms with van der Waals surface area (Å²) in [5.41, 5.74) is 3.46. The Morgan fingerprint density at radius 3 is 2.52 bits per heavy atom. The first-order chi connectivity index (χ1) is 11.2. The van der Waals surface area contributed by atoms with Crippen LogP contribution in [-0.2, 0) is 16.1 Å². The average molecular weight is 310 g/mol. The van der Waals surface area contributed by atoms with Gasteiger partial charge in [-0.25, -0.2) is 0 Å². The lowest BCUT2D eigenvalue weighted by atomic mass is 10.0. The van der Waals surface area contributed by atoms with Crippen LogP contribution in [0, 0.1) is 0 Å². The number of carbonyl (C=O) groups is 1. The van der Waals surface area contributed by atoms with E-state index in [9.17, 15) is 4.79 Å². The van der Waals surface area contributed by atoms with Crippen LogP contribution >= 0.6 is 0 Å². The van der Waals surface area contributed by atoms with Gasteiger partial charge in [-0.15, -0.1) is 0 Å². The predicted octanol–water partition coefficient (Wildman–Crippen LogP) is 2.35. The highest BCUT2D eigenvalue weighted by atomic mass is 16.5. The van der Waals surface area contributed by atoms with Crippen molar-refractivity contribution in [3.63, 3.8) is 0 Å². The van der Waals surface area contributed by atoms with Crippen molar-refractivity contribution in [2.75, 3.05) is 13.2 Å². The minimum absolute atomic E-state index is 0.00987. The molecule has 0 unspecified atom stereocenters. The molecule has 2 aromatic rings. The summed E-state index contributed by atoms with van der Waals surface area (Å²) in [7, 11) is 0. The van der Waals surface area contributed by atoms with Crippen LogP contribution in [0.4, 0.5) is 0 Å². The number of amides is 1. The van der Waals surface area contributed by atoms with Crippen molar-refractivity contribution in [2.45, 2.75) is 25.6 Å². The third kappa shape index (κ3) is 3.97. The van der Waals surface area contributed by atoms with Crippen LogP contribution in [0.3, 0.4) is 0 Å². The molecule has 4 nitrogen and oxygen atoms in total. The number of rotatable bonds is 4. The van der Waals surface area contributed by atoms with Crippen LogP contribution in [0.15, 0.2) is 54.6 Å². The van der Waals surface area contributed by atoms with E-state index in [4.69, 9.17) is 4.74 Å². The quantitative estimate of drug-likeness (QED) is 0.911. The number of nitrogens with one attached hydrogen (secondary N) is 2. The zero-order valence-electron chi connectivity index (χ0n) is 13.3. The summed E-state index contributed by atoms with van der Waals surface area (Å²) >= 11 is 0. The summed E-state index contributed by atoms with van der Waals surface area (Å²) in [5.74, 6) is -0.00987. The molecule has 1 fully saturated rings. The highest BCUT2D eigenvalue weighted by Crippen LogP contribution is 2.19. The van der Waals surface area contributed by atoms with Crippen LogP contribution in [0.25, 0.3) is 11.1 Å². The van der Waals surface area contributed by atoms with Crippen molar-refractivity contribution in [1.29, 1.82) is 0 Å². The number of benzene rings is 2. The Morgan fingerprint density at radius 1 is 1.13 bits per heavy atom. The third-order valence-corrected chi connectivity index (χ3v) is 4.13. The summed E-state index contributed by atoms with van der Waals surface area (Å²) in [6.45, 7) is 3.82. The Kier molecular flexibility index (Phi) is 5.05. The fraction of sp³-hybridized carbons (Fsp3) is 0.316. The minimum atomic E-state index is -0.271. The van der Waals surface area contributed by atoms with E-state index >= 15 is 0 Å². The lowest BCUT2D eigenvalue weighted by Crippen LogP contribution is -2.55. The van der Waals surface area contributed by atoms with Crippen LogP contribution in [0.1, 0.15) is 12.5 Å². The van der Waals surface area contributed by atoms with E-state index in [-0.39, 0.29) is 18.1 Å². The minimum Gasteiger partial charge on any atom is -0.375 e. The molecule has 1 saturated heterocycles. The molecule has 2 aromatic carbocycles. The van der Waals surface area contributed by atoms with Gasteiger partial charge in [-0.05, 0) is 23.6 Å². The number of carbonyl (C=O) groups excluding carboxylic acids is 1. The summed E-state index contributed by atoms with van der Waals surface area (Å²) < 4.78 is 5.50. The molecule has 0 bridgehead atoms. The van der Waals surface area contributed by atoms with E-state index in [1.54, 1.807) is 0 Å². The summed E-state index contributed by atoms with van der Waals surface area (Å²) in [6, 6.07) is 18.3. The number of ether oxygens (including phenoxy) is 1. The molecule has 120 valence electrons. The smallest absolute Gasteiger partial charge is 0.240 e. The molecular formula is C19H22N2O2. The molecule has 0 spiro atoms. The molecule has 0 saturated carbocycles. The summed E-state index contributed by atoms with van der Waals surface area (Å²) in [5, 5.41) is 6.18. The molecule has 0 aliphatic carbocycles. The van der Waals surface area contributed by atoms with Crippen molar-refractivity contribution >= 4 is 5.91 Å². The lowest BCUT2D eigenvalue weighted by molar-refractivity contribution is -0.129. The maximum Gasteiger partial charge on any atom is 0.240 e. The molecule has 1 heterocycles. The van der Waals surface area contributed by atoms with Crippen molar-refractivity contribution in [3.8, 4) is 11.1 Å². The number of morpholine rings is 1. The second kappa shape index (κ2) is 7.40. The van der Waals surface area contributed by atoms with Crippen LogP contribution in [0.5, 0.6) is 0 Å². The van der Waals surface area contributed by atoms with Gasteiger partial charge in [0.2, 0.25) is 5.91 Å². The Morgan fingerprint density at radius 2 is 1.83 bits per heavy atom. The van der Waals surface area contributed by atoms with E-state index in [0.717, 1.165) is 5.56 Å². The maximum atomic E-state index is 12.2. The monoisotopic (exact) mass is 310 g/mol. The van der Waals surface area contributed by atoms with Crippen LogP contribution < -0.4 is 10.6 Å². The molecule has 1 aliphatic heterocycles. The van der Waals surface area contributed by atoms with Crippen molar-refractivity contribution < 1.29 is 9.53 Å². The highest BCUT2D eigenvalue weighted by Gasteiger charge is 2.27. The normalized spacial score (nSPS) is 20.9. The first-order valence-electron chi connectivity index (χ1n) is 8.01. The van der Waals surface area contributed by atoms with Gasteiger partial charge in [-0.2, -0.15) is 0 Å². The zero-order valence-corrected chi connectivity index (χ0v) is 13.3. The van der Waals surface area contributed by atoms with E-state index in [0.29, 0.717) is 19.7 Å². The molecule has 23 heavy (non-hydrogen) atoms. The fourth-order valence-electron chi connectivity index (χ4n) is 2.77. The maximum absolute atomic E-state index is 12.2. The van der Waals surface area contributed by atoms with Gasteiger partial charge in [0.15, 0.2) is 0 Å². The molecule has 0 radical (unpaired) electrons. The van der Waals surface area contributed by atoms with E-state index in [1.807, 2.05) is 25.1 Å². The Hall–Kier alpha value is -2.17. The van der Waals surface area contributed by atoms with Gasteiger partial charge in [0.25, 0.3) is 0 Å². The van der Waals surface area contributed by atoms with E-state index in [1.165, 1.54) is 11.1 Å². The van der Waals surface area contributed by atoms with Gasteiger partial charge < -0.3 is 15.4 Å². The number of hydrogen-bond acceptors (Lipinski definition) is 3. The molecule has 0 aromatic heterocycles. The van der Waals surface area contributed by atoms with E-state index < -0.39 is 0 Å². The summed E-state index contributed by atoms with van der Waals surface area (Å²) in [6.07, 6.45) is -0.0933. The van der Waals surface area contributed by atoms with Gasteiger partial charge in [-0.3, -0.25) is 4.79 Å². The van der Waals surface area contributed by atoms with Crippen molar-refractivity contribution in [2.24, 2.45) is 0 Å². The molecule has 4 heteroatoms. The second-order valence-electron chi connectivity index (χ2n) is 5.79. The Balaban J connectivity index is 1.57.